The average molecular weight is 432 g/mol. The molecule has 0 aliphatic rings. The van der Waals surface area contributed by atoms with Gasteiger partial charge in [0.15, 0.2) is 0 Å². The number of aromatic carboxylic acids is 2. The monoisotopic (exact) mass is 432 g/mol. The molecule has 0 aliphatic carbocycles. The number of carbonyl (C=O) groups excluding carboxylic acids is 2. The van der Waals surface area contributed by atoms with Crippen molar-refractivity contribution in [2.75, 3.05) is 0 Å². The summed E-state index contributed by atoms with van der Waals surface area (Å²) in [6, 6.07) is 16.6. The summed E-state index contributed by atoms with van der Waals surface area (Å²) in [5, 5.41) is 41.0. The predicted molar refractivity (Wildman–Crippen MR) is 95.5 cm³/mol. The van der Waals surface area contributed by atoms with Gasteiger partial charge in [0.25, 0.3) is 0 Å². The summed E-state index contributed by atoms with van der Waals surface area (Å²) in [5.74, 6) is -3.70. The van der Waals surface area contributed by atoms with Crippen molar-refractivity contribution in [2.45, 2.75) is 0 Å². The van der Waals surface area contributed by atoms with Gasteiger partial charge < -0.3 is 30.0 Å². The number of para-hydroxylation sites is 2. The third-order valence-electron chi connectivity index (χ3n) is 3.79. The molecule has 0 saturated heterocycles. The Bertz CT molecular complexity index is 1120. The Kier molecular flexibility index (Phi) is 6.71. The summed E-state index contributed by atoms with van der Waals surface area (Å²) in [6.07, 6.45) is 0. The fraction of sp³-hybridized carbons (Fsp3) is 0. The predicted octanol–water partition coefficient (Wildman–Crippen LogP) is 0.605. The van der Waals surface area contributed by atoms with Crippen LogP contribution in [0.3, 0.4) is 0 Å². The zero-order valence-electron chi connectivity index (χ0n) is 14.5. The summed E-state index contributed by atoms with van der Waals surface area (Å²) in [6.45, 7) is 0. The van der Waals surface area contributed by atoms with E-state index in [1.807, 2.05) is 0 Å². The molecule has 0 radical (unpaired) electrons. The maximum absolute atomic E-state index is 10.5. The number of hydrogen-bond acceptors (Lipinski definition) is 8. The molecule has 0 spiro atoms. The van der Waals surface area contributed by atoms with Crippen LogP contribution in [0.4, 0.5) is 0 Å². The minimum atomic E-state index is -1.48. The maximum atomic E-state index is 10.5. The third-order valence-corrected chi connectivity index (χ3v) is 3.79. The van der Waals surface area contributed by atoms with Gasteiger partial charge in [0.05, 0.1) is 23.0 Å². The molecule has 2 aromatic carbocycles. The summed E-state index contributed by atoms with van der Waals surface area (Å²) in [4.78, 5) is 28.6. The standard InChI is InChI=1S/2C10H7NO3.Fe/c2*12-8-5-6-3-1-2-4-7(6)11-9(8)10(13)14;/h2*1-5,12H,(H,13,14);/q;;+2/p-2. The SMILES string of the molecule is O=C([O-])c1nc2ccccc2cc1O.O=C([O-])c1nc2ccccc2cc1O.[Fe+2]. The number of rotatable bonds is 2. The van der Waals surface area contributed by atoms with Gasteiger partial charge in [0.1, 0.15) is 22.9 Å². The van der Waals surface area contributed by atoms with Crippen LogP contribution in [0.5, 0.6) is 11.5 Å². The van der Waals surface area contributed by atoms with Crippen LogP contribution >= 0.6 is 0 Å². The Balaban J connectivity index is 0.000000200. The minimum Gasteiger partial charge on any atom is -0.543 e. The summed E-state index contributed by atoms with van der Waals surface area (Å²) >= 11 is 0. The van der Waals surface area contributed by atoms with Crippen LogP contribution < -0.4 is 10.2 Å². The van der Waals surface area contributed by atoms with Crippen molar-refractivity contribution in [3.63, 3.8) is 0 Å². The fourth-order valence-corrected chi connectivity index (χ4v) is 2.51. The Morgan fingerprint density at radius 3 is 1.38 bits per heavy atom. The molecule has 8 nitrogen and oxygen atoms in total. The quantitative estimate of drug-likeness (QED) is 0.438. The number of carboxylic acids is 2. The van der Waals surface area contributed by atoms with E-state index in [1.54, 1.807) is 48.5 Å². The van der Waals surface area contributed by atoms with Crippen LogP contribution in [-0.2, 0) is 17.1 Å². The molecule has 0 bridgehead atoms. The van der Waals surface area contributed by atoms with Gasteiger partial charge in [0, 0.05) is 10.8 Å². The molecule has 2 heterocycles. The minimum absolute atomic E-state index is 0. The van der Waals surface area contributed by atoms with Crippen molar-refractivity contribution >= 4 is 33.7 Å². The van der Waals surface area contributed by atoms with Crippen molar-refractivity contribution < 1.29 is 47.1 Å². The number of nitrogens with zero attached hydrogens (tertiary/aromatic N) is 2. The second-order valence-corrected chi connectivity index (χ2v) is 5.67. The van der Waals surface area contributed by atoms with Gasteiger partial charge in [-0.15, -0.1) is 0 Å². The van der Waals surface area contributed by atoms with E-state index in [2.05, 4.69) is 9.97 Å². The normalized spacial score (nSPS) is 9.93. The molecular weight excluding hydrogens is 420 g/mol. The largest absolute Gasteiger partial charge is 2.00 e. The first-order valence-electron chi connectivity index (χ1n) is 7.97. The van der Waals surface area contributed by atoms with Gasteiger partial charge in [-0.2, -0.15) is 0 Å². The molecule has 0 amide bonds. The van der Waals surface area contributed by atoms with Crippen LogP contribution in [0.1, 0.15) is 21.0 Å². The first-order valence-corrected chi connectivity index (χ1v) is 7.97. The van der Waals surface area contributed by atoms with E-state index >= 15 is 0 Å². The number of aromatic hydroxyl groups is 2. The van der Waals surface area contributed by atoms with E-state index in [4.69, 9.17) is 0 Å². The second-order valence-electron chi connectivity index (χ2n) is 5.67. The van der Waals surface area contributed by atoms with Crippen molar-refractivity contribution in [1.29, 1.82) is 0 Å². The molecule has 2 N–H and O–H groups in total. The van der Waals surface area contributed by atoms with Crippen molar-refractivity contribution in [3.05, 3.63) is 72.1 Å². The molecule has 0 atom stereocenters. The number of benzene rings is 2. The van der Waals surface area contributed by atoms with E-state index in [-0.39, 0.29) is 28.6 Å². The molecule has 0 fully saturated rings. The smallest absolute Gasteiger partial charge is 0.543 e. The van der Waals surface area contributed by atoms with Gasteiger partial charge in [-0.3, -0.25) is 0 Å². The molecule has 4 rings (SSSR count). The fourth-order valence-electron chi connectivity index (χ4n) is 2.51. The van der Waals surface area contributed by atoms with Crippen molar-refractivity contribution in [2.24, 2.45) is 0 Å². The molecule has 0 unspecified atom stereocenters. The average Bonchev–Trinajstić information content (AvgIpc) is 2.67. The first-order chi connectivity index (χ1) is 13.4. The summed E-state index contributed by atoms with van der Waals surface area (Å²) < 4.78 is 0. The van der Waals surface area contributed by atoms with Gasteiger partial charge >= 0.3 is 17.1 Å². The summed E-state index contributed by atoms with van der Waals surface area (Å²) in [5.41, 5.74) is 0.182. The number of hydrogen-bond donors (Lipinski definition) is 2. The van der Waals surface area contributed by atoms with E-state index in [0.717, 1.165) is 0 Å². The van der Waals surface area contributed by atoms with E-state index < -0.39 is 23.3 Å². The molecule has 4 aromatic rings. The Morgan fingerprint density at radius 1 is 0.690 bits per heavy atom. The number of carbonyl (C=O) groups is 2. The topological polar surface area (TPSA) is 146 Å². The van der Waals surface area contributed by atoms with E-state index in [9.17, 15) is 30.0 Å². The third kappa shape index (κ3) is 4.78. The molecular formula is C20H12FeN2O6. The van der Waals surface area contributed by atoms with Gasteiger partial charge in [-0.25, -0.2) is 9.97 Å². The number of carboxylic acid groups (broad SMARTS) is 2. The Labute approximate surface area is 174 Å². The van der Waals surface area contributed by atoms with Crippen LogP contribution in [0.15, 0.2) is 60.7 Å². The Morgan fingerprint density at radius 2 is 1.03 bits per heavy atom. The first kappa shape index (κ1) is 21.6. The van der Waals surface area contributed by atoms with E-state index in [1.165, 1.54) is 12.1 Å². The molecule has 9 heteroatoms. The number of fused-ring (bicyclic) bond motifs is 2. The van der Waals surface area contributed by atoms with Crippen molar-refractivity contribution in [3.8, 4) is 11.5 Å². The van der Waals surface area contributed by atoms with Gasteiger partial charge in [-0.1, -0.05) is 36.4 Å². The second kappa shape index (κ2) is 9.01. The maximum Gasteiger partial charge on any atom is 2.00 e. The van der Waals surface area contributed by atoms with Crippen LogP contribution in [-0.4, -0.2) is 32.1 Å². The number of aromatic nitrogens is 2. The Hall–Kier alpha value is -3.68. The van der Waals surface area contributed by atoms with Crippen LogP contribution in [0.2, 0.25) is 0 Å². The zero-order valence-corrected chi connectivity index (χ0v) is 15.7. The molecule has 0 aliphatic heterocycles. The van der Waals surface area contributed by atoms with Crippen molar-refractivity contribution in [1.82, 2.24) is 9.97 Å². The zero-order chi connectivity index (χ0) is 20.3. The summed E-state index contributed by atoms with van der Waals surface area (Å²) in [7, 11) is 0. The van der Waals surface area contributed by atoms with Crippen LogP contribution in [0.25, 0.3) is 21.8 Å². The molecule has 146 valence electrons. The van der Waals surface area contributed by atoms with Gasteiger partial charge in [0.2, 0.25) is 0 Å². The number of pyridine rings is 2. The molecule has 0 saturated carbocycles. The van der Waals surface area contributed by atoms with Gasteiger partial charge in [-0.05, 0) is 24.3 Å². The molecule has 29 heavy (non-hydrogen) atoms. The molecule has 2 aromatic heterocycles. The van der Waals surface area contributed by atoms with E-state index in [0.29, 0.717) is 21.8 Å². The van der Waals surface area contributed by atoms with Crippen LogP contribution in [0, 0.1) is 0 Å².